The van der Waals surface area contributed by atoms with Gasteiger partial charge in [0.15, 0.2) is 0 Å². The van der Waals surface area contributed by atoms with E-state index in [2.05, 4.69) is 242 Å². The zero-order valence-electron chi connectivity index (χ0n) is 80.6. The smallest absolute Gasteiger partial charge is 1.00 e. The van der Waals surface area contributed by atoms with E-state index in [9.17, 15) is 33.9 Å². The van der Waals surface area contributed by atoms with E-state index in [-0.39, 0.29) is 124 Å². The van der Waals surface area contributed by atoms with Gasteiger partial charge in [-0.2, -0.15) is 4.99 Å². The second-order valence-corrected chi connectivity index (χ2v) is 40.9. The Hall–Kier alpha value is -9.62. The molecule has 9 aromatic carbocycles. The molecule has 744 valence electrons. The molecule has 29 nitrogen and oxygen atoms in total. The van der Waals surface area contributed by atoms with Gasteiger partial charge in [-0.1, -0.05) is 230 Å². The number of aromatic nitrogens is 4. The summed E-state index contributed by atoms with van der Waals surface area (Å²) in [6, 6.07) is 62.0. The molecule has 4 aliphatic heterocycles. The maximum atomic E-state index is 12.2. The normalized spacial score (nSPS) is 20.8. The van der Waals surface area contributed by atoms with Crippen LogP contribution in [-0.2, 0) is 123 Å². The molecule has 4 radical (unpaired) electrons. The number of Topliss-reactive ketones (excluding diaryl/α,β-unsaturated/α-hetero) is 1. The predicted octanol–water partition coefficient (Wildman–Crippen LogP) is 10.2. The number of carbonyl (C=O) groups is 6. The average Bonchev–Trinajstić information content (AvgIpc) is 1.09. The Labute approximate surface area is 937 Å². The number of benzene rings is 9. The number of imide groups is 1. The molecule has 5 amide bonds. The number of isothiocyanates is 1. The van der Waals surface area contributed by atoms with E-state index in [0.717, 1.165) is 135 Å². The fourth-order valence-corrected chi connectivity index (χ4v) is 22.0. The number of ketones is 1. The molecule has 6 heterocycles. The van der Waals surface area contributed by atoms with Crippen molar-refractivity contribution in [3.05, 3.63) is 341 Å². The number of aliphatic hydroxyl groups excluding tert-OH is 1. The monoisotopic (exact) mass is 2360 g/mol. The van der Waals surface area contributed by atoms with Crippen LogP contribution in [-0.4, -0.2) is 177 Å². The topological polar surface area (TPSA) is 460 Å². The van der Waals surface area contributed by atoms with Gasteiger partial charge >= 0.3 is 68.1 Å². The third kappa shape index (κ3) is 30.8. The number of hydrogen-bond donors (Lipinski definition) is 9. The van der Waals surface area contributed by atoms with E-state index >= 15 is 0 Å². The summed E-state index contributed by atoms with van der Waals surface area (Å²) < 4.78 is 32.2. The standard InChI is InChI=1S/C19H17BrN2O2.C16H16N4O.C12H11BrN2O2.C12H13BrN2O.C12H14BrNO2.C11H14BrNO.C10H9BrO.C8H5NOS.C4H4BN2O2.CH4.B.Li.Na.H2O.H/c20-16-8-4-7-13-9-10-19(11-15(13)16)12-24-18(22-19)21-17(23)14-5-2-1-3-6-14;17-15-20-16(9-21-15)5-4-11-2-1-3-13(14(11)6-16)12-7-18-10-19-8-12;13-9-3-1-2-7-4-5-12(6-8(7)9)10(16)14-11(17)15-12;13-10-3-1-2-8-4-5-12(6-9(8)10)7-16-11(14)15-12;1-16-11(15)12(14)6-5-8-3-2-4-10(13)9(8)7-12;12-10-3-1-2-8-4-5-11(13,7-14)6-9(8)10;11-10-3-1-2-7-4-5-8(12)6-9(7)10;10-8(9-6-11)7-4-2-1-3-5-7;8-5-9-4-1-6-3-7-2-4;;;;;;/h1-8H,9-12H2,(H,21,22,23);1-3,7-8,10H,4-6,9H2,(H2,17,20);1-3H,4-6H2,(H2,14,15,16,17);1-3H,4-7H2,(H2,14,15);2-4H,5-7,14H2,1H3;1-3,14H,4-7,13H2;1-3H,4-6H2;1-5H;1-3,8H;1H4;;;;1H2;/q;;;;;;;;;;;2*+1;;-1/p-1. The van der Waals surface area contributed by atoms with Crippen molar-refractivity contribution in [3.8, 4) is 16.9 Å². The number of hydrogen-bond acceptors (Lipinski definition) is 26. The van der Waals surface area contributed by atoms with Gasteiger partial charge in [0.1, 0.15) is 71.7 Å². The Balaban J connectivity index is 0.000000202. The molecule has 6 unspecified atom stereocenters. The molecule has 11 aromatic rings. The number of aryl methyl sites for hydroxylation is 7. The minimum atomic E-state index is -0.869. The van der Waals surface area contributed by atoms with Crippen molar-refractivity contribution in [2.45, 2.75) is 175 Å². The van der Waals surface area contributed by atoms with Crippen LogP contribution in [0.1, 0.15) is 152 Å². The van der Waals surface area contributed by atoms with Crippen molar-refractivity contribution < 1.29 is 118 Å². The largest absolute Gasteiger partial charge is 1.00 e. The molecular weight excluding hydrogens is 2260 g/mol. The molecule has 6 atom stereocenters. The summed E-state index contributed by atoms with van der Waals surface area (Å²) in [5, 5.41) is 27.2. The van der Waals surface area contributed by atoms with E-state index in [1.165, 1.54) is 103 Å². The van der Waals surface area contributed by atoms with Crippen LogP contribution in [0.3, 0.4) is 0 Å². The third-order valence-electron chi connectivity index (χ3n) is 26.2. The summed E-state index contributed by atoms with van der Waals surface area (Å²) in [7, 11) is 1.96. The quantitative estimate of drug-likeness (QED) is 0.0235. The number of urea groups is 1. The van der Waals surface area contributed by atoms with Gasteiger partial charge in [-0.25, -0.2) is 39.7 Å². The van der Waals surface area contributed by atoms with Crippen molar-refractivity contribution in [1.82, 2.24) is 35.9 Å². The number of nitrogens with two attached hydrogens (primary N) is 4. The second-order valence-electron chi connectivity index (χ2n) is 35.6. The number of aliphatic imine (C=N–C) groups is 4. The van der Waals surface area contributed by atoms with Crippen molar-refractivity contribution in [3.63, 3.8) is 0 Å². The molecule has 0 bridgehead atoms. The minimum Gasteiger partial charge on any atom is -1.00 e. The number of amidine groups is 3. The molecule has 40 heteroatoms. The van der Waals surface area contributed by atoms with E-state index in [1.54, 1.807) is 42.7 Å². The fraction of sp³-hybridized carbons (Fsp3) is 0.314. The minimum absolute atomic E-state index is 0. The zero-order valence-corrected chi connectivity index (χ0v) is 91.9. The Morgan fingerprint density at radius 3 is 1.38 bits per heavy atom. The fourth-order valence-electron chi connectivity index (χ4n) is 18.6. The first-order valence-electron chi connectivity index (χ1n) is 45.4. The number of ether oxygens (including phenoxy) is 4. The number of carbonyl (C=O) groups excluding carboxylic acids is 6. The number of methoxy groups -OCH3 is 1. The van der Waals surface area contributed by atoms with E-state index in [0.29, 0.717) is 107 Å². The summed E-state index contributed by atoms with van der Waals surface area (Å²) in [4.78, 5) is 102. The molecule has 1 saturated heterocycles. The van der Waals surface area contributed by atoms with Crippen molar-refractivity contribution >= 4 is 183 Å². The predicted molar refractivity (Wildman–Crippen MR) is 576 cm³/mol. The number of nitrogens with one attached hydrogen (secondary N) is 3. The summed E-state index contributed by atoms with van der Waals surface area (Å²) in [6.07, 6.45) is 26.9. The summed E-state index contributed by atoms with van der Waals surface area (Å²) >= 11 is 25.5. The molecule has 2 aromatic heterocycles. The van der Waals surface area contributed by atoms with Crippen LogP contribution < -0.4 is 92.0 Å². The first-order chi connectivity index (χ1) is 67.5. The van der Waals surface area contributed by atoms with Gasteiger partial charge in [-0.05, 0) is 246 Å². The number of fused-ring (bicyclic) bond motifs is 7. The first kappa shape index (κ1) is 119. The number of rotatable bonds is 7. The second kappa shape index (κ2) is 55.1. The SMILES string of the molecule is C.COC(=O)C1(N)CCc2cccc(Br)c2C1.NC1(CO)CCc2cccc(Br)c2C1.NC1=NC2(CCc3cccc(-c4cncnc4)c3C2)CO1.NC1=NC2(CCc3cccc(Br)c3C2)CO1.O=C(N=C=S)c1ccccc1.O=C(NC1=NC2(CCc3cccc(Br)c3C2)CO1)c1ccccc1.O=C1CCc2cccc(Br)c2C1.O=C1NC(=O)C2(CCc3cccc(Br)c3C2)N1.O[B]Oc1cncnc1.[B].[H-].[Li+].[Na+].[OH-]. The Morgan fingerprint density at radius 1 is 0.517 bits per heavy atom. The van der Waals surface area contributed by atoms with Gasteiger partial charge < -0.3 is 68.9 Å². The van der Waals surface area contributed by atoms with Gasteiger partial charge in [0, 0.05) is 115 Å². The van der Waals surface area contributed by atoms with Gasteiger partial charge in [0.2, 0.25) is 0 Å². The van der Waals surface area contributed by atoms with Gasteiger partial charge in [-0.3, -0.25) is 34.6 Å². The maximum absolute atomic E-state index is 12.2. The van der Waals surface area contributed by atoms with Crippen LogP contribution in [0.5, 0.6) is 5.75 Å². The van der Waals surface area contributed by atoms with Crippen LogP contribution in [0.2, 0.25) is 0 Å². The van der Waals surface area contributed by atoms with Gasteiger partial charge in [0.25, 0.3) is 35.8 Å². The Morgan fingerprint density at radius 2 is 0.924 bits per heavy atom. The number of esters is 1. The molecule has 7 aliphatic carbocycles. The van der Waals surface area contributed by atoms with Crippen LogP contribution in [0.15, 0.2) is 272 Å². The number of halogens is 6. The first-order valence-corrected chi connectivity index (χ1v) is 50.6. The molecule has 11 aliphatic rings. The maximum Gasteiger partial charge on any atom is 1.00 e. The third-order valence-corrected chi connectivity index (χ3v) is 30.7. The van der Waals surface area contributed by atoms with E-state index in [4.69, 9.17) is 51.9 Å². The van der Waals surface area contributed by atoms with Crippen molar-refractivity contribution in [2.24, 2.45) is 42.9 Å². The molecule has 1 fully saturated rings. The number of nitrogens with zero attached hydrogens (tertiary/aromatic N) is 8. The number of amides is 5. The number of thiocarbonyl (C=S) groups is 1. The summed E-state index contributed by atoms with van der Waals surface area (Å²) in [6.45, 7) is 1.78. The van der Waals surface area contributed by atoms with Gasteiger partial charge in [0.05, 0.1) is 31.3 Å². The molecule has 22 rings (SSSR count). The summed E-state index contributed by atoms with van der Waals surface area (Å²) in [5.41, 5.74) is 42.3. The van der Waals surface area contributed by atoms with Crippen LogP contribution in [0.25, 0.3) is 11.1 Å². The molecule has 4 spiro atoms. The molecule has 145 heavy (non-hydrogen) atoms. The van der Waals surface area contributed by atoms with Crippen LogP contribution in [0, 0.1) is 0 Å². The molecule has 0 saturated carbocycles. The Kier molecular flexibility index (Phi) is 45.1. The Bertz CT molecular complexity index is 6560. The van der Waals surface area contributed by atoms with Crippen LogP contribution in [0.4, 0.5) is 4.79 Å². The zero-order chi connectivity index (χ0) is 99.2. The van der Waals surface area contributed by atoms with E-state index in [1.807, 2.05) is 90.4 Å². The van der Waals surface area contributed by atoms with Crippen molar-refractivity contribution in [2.75, 3.05) is 33.5 Å². The molecule has 14 N–H and O–H groups in total. The summed E-state index contributed by atoms with van der Waals surface area (Å²) in [5.74, 6) is -0.295. The average molecular weight is 2370 g/mol. The molecular formula is C105H109B2Br6LiN15NaO14S. The van der Waals surface area contributed by atoms with Crippen LogP contribution >= 0.6 is 108 Å². The number of aliphatic hydroxyl groups is 1. The van der Waals surface area contributed by atoms with E-state index < -0.39 is 16.6 Å². The van der Waals surface area contributed by atoms with Gasteiger partial charge in [-0.15, -0.1) is 0 Å². The van der Waals surface area contributed by atoms with Crippen molar-refractivity contribution in [1.29, 1.82) is 0 Å².